The molecule has 113 heavy (non-hydrogen) atoms. The molecule has 4 aliphatic heterocycles. The number of ether oxygens (including phenoxy) is 8. The first kappa shape index (κ1) is 83.3. The fraction of sp³-hybridized carbons (Fsp3) is 0.338. The normalized spacial score (nSPS) is 17.8. The van der Waals surface area contributed by atoms with Gasteiger partial charge in [-0.25, -0.2) is 24.9 Å². The van der Waals surface area contributed by atoms with Crippen LogP contribution in [0.25, 0.3) is 22.5 Å². The van der Waals surface area contributed by atoms with E-state index in [1.54, 1.807) is 74.7 Å². The second-order valence-electron chi connectivity index (χ2n) is 29.3. The van der Waals surface area contributed by atoms with Gasteiger partial charge in [0, 0.05) is 24.1 Å². The standard InChI is InChI=1S/C23H18ClF2N3O4.C22H16ClF2N3O4.C17H13ClF2N2O3.C12H17BClNO3.C3H9ISi/c1-12-3-6-18(28-19(12)15-10-14(24)11-27-20(15)31-2)29-21(30)22(7-8-22)13-4-5-16-17(9-13)33-23(25,26)32-16;1-11-2-5-17(27-18(11)14-9-13(23)10-26-19(14)29)28-20(30)21(6-7-21)12-3-4-15-16(8-12)32-22(24,25)31-15;1-9-2-5-13(21-14(9)18)22-15(23)16(6-7-16)10-3-4-11-12(8-10)25-17(19,20)24-11;1-11(2)12(3,4)18-13(17-11)9-6-8(14)7-15-10(9)16-5;1-5(2,3)4/h3-6,9-11H,7-8H2,1-2H3,(H,28,29,30);2-5,8-10H,6-7H2,1H3,(H,26,29)(H,27,28,30);2-5,8H,6-7H2,1H3,(H,21,22,23);6-7H,1-5H3;1-3H3. The monoisotopic (exact) mass is 1770 g/mol. The van der Waals surface area contributed by atoms with Gasteiger partial charge in [-0.2, -0.15) is 0 Å². The number of rotatable bonds is 14. The molecule has 0 unspecified atom stereocenters. The van der Waals surface area contributed by atoms with E-state index in [4.69, 9.17) is 65.2 Å². The predicted octanol–water partition coefficient (Wildman–Crippen LogP) is 17.8. The van der Waals surface area contributed by atoms with Gasteiger partial charge in [0.05, 0.1) is 79.2 Å². The lowest BCUT2D eigenvalue weighted by atomic mass is 9.80. The minimum atomic E-state index is -3.72. The van der Waals surface area contributed by atoms with Gasteiger partial charge in [0.2, 0.25) is 29.5 Å². The summed E-state index contributed by atoms with van der Waals surface area (Å²) in [6.07, 6.45) is -3.28. The van der Waals surface area contributed by atoms with Crippen molar-refractivity contribution in [3.63, 3.8) is 0 Å². The molecule has 9 aromatic rings. The third kappa shape index (κ3) is 18.8. The Hall–Kier alpha value is -9.16. The van der Waals surface area contributed by atoms with Gasteiger partial charge >= 0.3 is 26.0 Å². The van der Waals surface area contributed by atoms with Crippen LogP contribution in [0.5, 0.6) is 46.3 Å². The molecule has 7 aliphatic rings. The van der Waals surface area contributed by atoms with Crippen molar-refractivity contribution in [1.82, 2.24) is 29.9 Å². The third-order valence-electron chi connectivity index (χ3n) is 19.3. The highest BCUT2D eigenvalue weighted by atomic mass is 127. The zero-order valence-electron chi connectivity index (χ0n) is 62.6. The van der Waals surface area contributed by atoms with Crippen molar-refractivity contribution < 1.29 is 87.9 Å². The molecular formula is C77H73BCl4F6IN9O14Si. The van der Waals surface area contributed by atoms with Gasteiger partial charge in [-0.3, -0.25) is 19.2 Å². The maximum atomic E-state index is 13.4. The number of benzene rings is 3. The molecule has 4 fully saturated rings. The minimum Gasteiger partial charge on any atom is -0.481 e. The summed E-state index contributed by atoms with van der Waals surface area (Å²) in [5.74, 6) is 0.439. The number of halogens is 11. The van der Waals surface area contributed by atoms with Gasteiger partial charge in [0.15, 0.2) is 34.5 Å². The van der Waals surface area contributed by atoms with Crippen LogP contribution in [-0.2, 0) is 39.9 Å². The summed E-state index contributed by atoms with van der Waals surface area (Å²) in [6.45, 7) is 20.4. The summed E-state index contributed by atoms with van der Waals surface area (Å²) in [5, 5.41) is 9.99. The van der Waals surface area contributed by atoms with E-state index >= 15 is 0 Å². The van der Waals surface area contributed by atoms with Crippen LogP contribution in [0.2, 0.25) is 39.9 Å². The van der Waals surface area contributed by atoms with Crippen molar-refractivity contribution in [1.29, 1.82) is 0 Å². The molecule has 23 nitrogen and oxygen atoms in total. The number of anilines is 3. The fourth-order valence-corrected chi connectivity index (χ4v) is 12.9. The molecule has 0 bridgehead atoms. The number of hydrogen-bond donors (Lipinski definition) is 4. The fourth-order valence-electron chi connectivity index (χ4n) is 12.2. The number of amides is 3. The summed E-state index contributed by atoms with van der Waals surface area (Å²) in [5.41, 5.74) is 2.34. The number of hydrogen-bond acceptors (Lipinski definition) is 19. The Morgan fingerprint density at radius 2 is 0.832 bits per heavy atom. The smallest absolute Gasteiger partial charge is 0.481 e. The minimum absolute atomic E-state index is 0.0445. The molecule has 6 aromatic heterocycles. The first-order valence-electron chi connectivity index (χ1n) is 35.0. The molecule has 10 heterocycles. The quantitative estimate of drug-likeness (QED) is 0.0259. The lowest BCUT2D eigenvalue weighted by Gasteiger charge is -2.32. The molecule has 3 saturated carbocycles. The first-order chi connectivity index (χ1) is 52.9. The van der Waals surface area contributed by atoms with Crippen LogP contribution >= 0.6 is 68.2 Å². The number of methoxy groups -OCH3 is 2. The van der Waals surface area contributed by atoms with E-state index in [1.807, 2.05) is 47.6 Å². The average molecular weight is 1770 g/mol. The number of aromatic amines is 1. The van der Waals surface area contributed by atoms with Gasteiger partial charge < -0.3 is 68.1 Å². The Bertz CT molecular complexity index is 5270. The van der Waals surface area contributed by atoms with Crippen molar-refractivity contribution in [3.05, 3.63) is 192 Å². The number of alkyl halides is 6. The molecule has 16 rings (SSSR count). The van der Waals surface area contributed by atoms with Gasteiger partial charge in [-0.15, -0.1) is 48.1 Å². The molecule has 4 N–H and O–H groups in total. The van der Waals surface area contributed by atoms with E-state index in [9.17, 15) is 45.5 Å². The Balaban J connectivity index is 0.000000139. The zero-order valence-corrected chi connectivity index (χ0v) is 68.7. The topological polar surface area (TPSA) is 277 Å². The number of aromatic nitrogens is 6. The Morgan fingerprint density at radius 3 is 1.21 bits per heavy atom. The van der Waals surface area contributed by atoms with Crippen molar-refractivity contribution >= 4 is 122 Å². The van der Waals surface area contributed by atoms with E-state index in [0.29, 0.717) is 121 Å². The van der Waals surface area contributed by atoms with Gasteiger partial charge in [-0.1, -0.05) is 102 Å². The van der Waals surface area contributed by atoms with Crippen LogP contribution in [0, 0.1) is 20.8 Å². The van der Waals surface area contributed by atoms with Crippen molar-refractivity contribution in [2.75, 3.05) is 30.2 Å². The molecule has 3 aliphatic carbocycles. The van der Waals surface area contributed by atoms with Crippen LogP contribution in [0.3, 0.4) is 0 Å². The predicted molar refractivity (Wildman–Crippen MR) is 423 cm³/mol. The number of fused-ring (bicyclic) bond motifs is 3. The summed E-state index contributed by atoms with van der Waals surface area (Å²) in [7, 11) is 2.54. The van der Waals surface area contributed by atoms with Crippen molar-refractivity contribution in [2.24, 2.45) is 0 Å². The van der Waals surface area contributed by atoms with Crippen LogP contribution < -0.4 is 64.9 Å². The molecule has 594 valence electrons. The maximum absolute atomic E-state index is 13.4. The van der Waals surface area contributed by atoms with Crippen molar-refractivity contribution in [2.45, 2.75) is 153 Å². The molecule has 1 saturated heterocycles. The maximum Gasteiger partial charge on any atom is 0.586 e. The van der Waals surface area contributed by atoms with E-state index in [1.165, 1.54) is 68.2 Å². The van der Waals surface area contributed by atoms with E-state index < -0.39 is 59.0 Å². The molecule has 36 heteroatoms. The summed E-state index contributed by atoms with van der Waals surface area (Å²) >= 11 is 26.6. The first-order valence-corrected chi connectivity index (χ1v) is 43.1. The number of aryl methyl sites for hydroxylation is 3. The zero-order chi connectivity index (χ0) is 81.9. The lowest BCUT2D eigenvalue weighted by molar-refractivity contribution is -0.287. The Kier molecular flexibility index (Phi) is 23.3. The highest BCUT2D eigenvalue weighted by molar-refractivity contribution is 14.1. The van der Waals surface area contributed by atoms with E-state index in [2.05, 4.69) is 116 Å². The highest BCUT2D eigenvalue weighted by Crippen LogP contribution is 2.56. The van der Waals surface area contributed by atoms with Crippen LogP contribution in [0.1, 0.15) is 99.6 Å². The molecule has 0 spiro atoms. The Labute approximate surface area is 678 Å². The summed E-state index contributed by atoms with van der Waals surface area (Å²) in [4.78, 5) is 75.3. The van der Waals surface area contributed by atoms with Crippen molar-refractivity contribution in [3.8, 4) is 68.8 Å². The molecule has 3 aromatic carbocycles. The van der Waals surface area contributed by atoms with E-state index in [0.717, 1.165) is 16.7 Å². The summed E-state index contributed by atoms with van der Waals surface area (Å²) in [6, 6.07) is 28.5. The van der Waals surface area contributed by atoms with Crippen LogP contribution in [-0.4, -0.2) is 105 Å². The van der Waals surface area contributed by atoms with Crippen LogP contribution in [0.15, 0.2) is 133 Å². The highest BCUT2D eigenvalue weighted by Gasteiger charge is 2.57. The van der Waals surface area contributed by atoms with Crippen LogP contribution in [0.4, 0.5) is 43.8 Å². The molecule has 3 amide bonds. The second-order valence-corrected chi connectivity index (χ2v) is 44.8. The van der Waals surface area contributed by atoms with Gasteiger partial charge in [0.25, 0.3) is 5.56 Å². The SMILES string of the molecule is COc1ncc(Cl)cc1-c1nc(NC(=O)C2(c3ccc4c(c3)OC(F)(F)O4)CC2)ccc1C.COc1ncc(Cl)cc1B1OC(C)(C)C(C)(C)O1.C[Si](C)(C)I.Cc1ccc(NC(=O)C2(c3ccc4c(c3)OC(F)(F)O4)CC2)nc1-c1cc(Cl)c[nH]c1=O.Cc1ccc(NC(=O)C2(c3ccc4c(c3)OC(F)(F)O4)CC2)nc1Cl. The number of H-pyrrole nitrogens is 1. The number of carbonyl (C=O) groups is 3. The number of nitrogens with one attached hydrogen (secondary N) is 4. The number of pyridine rings is 6. The Morgan fingerprint density at radius 1 is 0.487 bits per heavy atom. The summed E-state index contributed by atoms with van der Waals surface area (Å²) < 4.78 is 129. The third-order valence-corrected chi connectivity index (χ3v) is 20.3. The molecule has 0 radical (unpaired) electrons. The molecular weight excluding hydrogens is 1700 g/mol. The average Bonchev–Trinajstić information content (AvgIpc) is 1.63. The van der Waals surface area contributed by atoms with Gasteiger partial charge in [-0.05, 0) is 193 Å². The largest absolute Gasteiger partial charge is 0.586 e. The number of carbonyl (C=O) groups excluding carboxylic acids is 3. The second kappa shape index (κ2) is 31.6. The lowest BCUT2D eigenvalue weighted by Crippen LogP contribution is -2.41. The molecule has 0 atom stereocenters. The van der Waals surface area contributed by atoms with Gasteiger partial charge in [0.1, 0.15) is 28.2 Å². The number of nitrogens with zero attached hydrogens (tertiary/aromatic N) is 5. The van der Waals surface area contributed by atoms with E-state index in [-0.39, 0.29) is 69.2 Å².